The zero-order valence-electron chi connectivity index (χ0n) is 11.2. The number of halogens is 1. The summed E-state index contributed by atoms with van der Waals surface area (Å²) in [5.41, 5.74) is 1.69. The van der Waals surface area contributed by atoms with Crippen molar-refractivity contribution in [1.82, 2.24) is 15.3 Å². The summed E-state index contributed by atoms with van der Waals surface area (Å²) in [4.78, 5) is 8.38. The van der Waals surface area contributed by atoms with E-state index in [1.807, 2.05) is 32.0 Å². The molecule has 3 nitrogen and oxygen atoms in total. The highest BCUT2D eigenvalue weighted by Gasteiger charge is 2.07. The third-order valence-corrected chi connectivity index (χ3v) is 2.95. The van der Waals surface area contributed by atoms with Crippen LogP contribution in [0, 0.1) is 12.7 Å². The lowest BCUT2D eigenvalue weighted by molar-refractivity contribution is 0.521. The van der Waals surface area contributed by atoms with E-state index in [1.54, 1.807) is 12.3 Å². The van der Waals surface area contributed by atoms with E-state index in [2.05, 4.69) is 15.3 Å². The second-order valence-corrected chi connectivity index (χ2v) is 4.67. The third-order valence-electron chi connectivity index (χ3n) is 2.95. The van der Waals surface area contributed by atoms with Crippen LogP contribution in [-0.4, -0.2) is 16.0 Å². The molecule has 100 valence electrons. The minimum absolute atomic E-state index is 0.144. The van der Waals surface area contributed by atoms with Crippen LogP contribution in [0.2, 0.25) is 0 Å². The molecule has 4 heteroatoms. The molecule has 2 aromatic rings. The summed E-state index contributed by atoms with van der Waals surface area (Å²) in [7, 11) is 0. The Kier molecular flexibility index (Phi) is 4.58. The molecule has 0 bridgehead atoms. The van der Waals surface area contributed by atoms with Crippen molar-refractivity contribution in [3.8, 4) is 0 Å². The highest BCUT2D eigenvalue weighted by molar-refractivity contribution is 5.18. The number of nitrogens with zero attached hydrogens (tertiary/aromatic N) is 2. The van der Waals surface area contributed by atoms with Gasteiger partial charge in [-0.3, -0.25) is 0 Å². The molecule has 0 saturated heterocycles. The summed E-state index contributed by atoms with van der Waals surface area (Å²) in [6.07, 6.45) is 2.41. The number of aryl methyl sites for hydroxylation is 1. The Morgan fingerprint density at radius 1 is 1.26 bits per heavy atom. The monoisotopic (exact) mass is 259 g/mol. The Morgan fingerprint density at radius 3 is 2.79 bits per heavy atom. The van der Waals surface area contributed by atoms with Crippen LogP contribution in [0.4, 0.5) is 4.39 Å². The van der Waals surface area contributed by atoms with E-state index in [0.717, 1.165) is 17.1 Å². The number of benzene rings is 1. The first kappa shape index (κ1) is 13.6. The Labute approximate surface area is 112 Å². The molecule has 0 aliphatic heterocycles. The molecule has 1 N–H and O–H groups in total. The van der Waals surface area contributed by atoms with E-state index in [1.165, 1.54) is 6.07 Å². The van der Waals surface area contributed by atoms with Crippen molar-refractivity contribution in [2.75, 3.05) is 0 Å². The molecule has 19 heavy (non-hydrogen) atoms. The average molecular weight is 259 g/mol. The fourth-order valence-electron chi connectivity index (χ4n) is 1.95. The lowest BCUT2D eigenvalue weighted by Gasteiger charge is -2.14. The van der Waals surface area contributed by atoms with Gasteiger partial charge in [-0.15, -0.1) is 0 Å². The SMILES string of the molecule is Cc1nccc(CNC(C)Cc2ccccc2F)n1. The van der Waals surface area contributed by atoms with Crippen LogP contribution < -0.4 is 5.32 Å². The molecule has 0 spiro atoms. The highest BCUT2D eigenvalue weighted by Crippen LogP contribution is 2.09. The van der Waals surface area contributed by atoms with E-state index in [0.29, 0.717) is 13.0 Å². The summed E-state index contributed by atoms with van der Waals surface area (Å²) < 4.78 is 13.5. The minimum Gasteiger partial charge on any atom is -0.308 e. The summed E-state index contributed by atoms with van der Waals surface area (Å²) in [5, 5.41) is 3.34. The van der Waals surface area contributed by atoms with Gasteiger partial charge in [-0.2, -0.15) is 0 Å². The molecule has 1 aromatic heterocycles. The molecule has 1 aromatic carbocycles. The first-order valence-corrected chi connectivity index (χ1v) is 6.40. The minimum atomic E-state index is -0.144. The molecular weight excluding hydrogens is 241 g/mol. The second kappa shape index (κ2) is 6.38. The lowest BCUT2D eigenvalue weighted by Crippen LogP contribution is -2.28. The molecule has 0 amide bonds. The maximum atomic E-state index is 13.5. The molecule has 0 saturated carbocycles. The summed E-state index contributed by atoms with van der Waals surface area (Å²) in [6.45, 7) is 4.58. The van der Waals surface area contributed by atoms with Gasteiger partial charge in [-0.05, 0) is 38.0 Å². The molecule has 0 radical (unpaired) electrons. The molecule has 0 aliphatic rings. The summed E-state index contributed by atoms with van der Waals surface area (Å²) in [6, 6.07) is 8.96. The van der Waals surface area contributed by atoms with Crippen LogP contribution in [0.3, 0.4) is 0 Å². The van der Waals surface area contributed by atoms with Gasteiger partial charge >= 0.3 is 0 Å². The van der Waals surface area contributed by atoms with Crippen molar-refractivity contribution in [3.63, 3.8) is 0 Å². The fraction of sp³-hybridized carbons (Fsp3) is 0.333. The topological polar surface area (TPSA) is 37.8 Å². The zero-order valence-corrected chi connectivity index (χ0v) is 11.2. The van der Waals surface area contributed by atoms with Crippen LogP contribution in [0.5, 0.6) is 0 Å². The van der Waals surface area contributed by atoms with E-state index in [-0.39, 0.29) is 11.9 Å². The smallest absolute Gasteiger partial charge is 0.126 e. The lowest BCUT2D eigenvalue weighted by atomic mass is 10.1. The molecule has 0 aliphatic carbocycles. The van der Waals surface area contributed by atoms with Gasteiger partial charge in [0.1, 0.15) is 11.6 Å². The Morgan fingerprint density at radius 2 is 2.05 bits per heavy atom. The number of aromatic nitrogens is 2. The van der Waals surface area contributed by atoms with Gasteiger partial charge in [0.2, 0.25) is 0 Å². The van der Waals surface area contributed by atoms with Crippen LogP contribution in [0.1, 0.15) is 24.0 Å². The predicted molar refractivity (Wildman–Crippen MR) is 73.2 cm³/mol. The van der Waals surface area contributed by atoms with Gasteiger partial charge < -0.3 is 5.32 Å². The van der Waals surface area contributed by atoms with Crippen molar-refractivity contribution < 1.29 is 4.39 Å². The molecule has 1 unspecified atom stereocenters. The normalized spacial score (nSPS) is 12.4. The van der Waals surface area contributed by atoms with Crippen molar-refractivity contribution in [2.24, 2.45) is 0 Å². The van der Waals surface area contributed by atoms with E-state index < -0.39 is 0 Å². The van der Waals surface area contributed by atoms with Gasteiger partial charge in [0.15, 0.2) is 0 Å². The molecule has 2 rings (SSSR count). The predicted octanol–water partition coefficient (Wildman–Crippen LogP) is 2.64. The van der Waals surface area contributed by atoms with Gasteiger partial charge in [0.25, 0.3) is 0 Å². The molecular formula is C15H18FN3. The second-order valence-electron chi connectivity index (χ2n) is 4.67. The standard InChI is InChI=1S/C15H18FN3/c1-11(9-13-5-3-4-6-15(13)16)18-10-14-7-8-17-12(2)19-14/h3-8,11,18H,9-10H2,1-2H3. The van der Waals surface area contributed by atoms with Gasteiger partial charge in [-0.1, -0.05) is 18.2 Å². The summed E-state index contributed by atoms with van der Waals surface area (Å²) in [5.74, 6) is 0.620. The van der Waals surface area contributed by atoms with Gasteiger partial charge in [-0.25, -0.2) is 14.4 Å². The summed E-state index contributed by atoms with van der Waals surface area (Å²) >= 11 is 0. The quantitative estimate of drug-likeness (QED) is 0.897. The number of hydrogen-bond donors (Lipinski definition) is 1. The number of nitrogens with one attached hydrogen (secondary N) is 1. The largest absolute Gasteiger partial charge is 0.308 e. The van der Waals surface area contributed by atoms with Crippen LogP contribution in [0.15, 0.2) is 36.5 Å². The van der Waals surface area contributed by atoms with Crippen molar-refractivity contribution in [2.45, 2.75) is 32.9 Å². The fourth-order valence-corrected chi connectivity index (χ4v) is 1.95. The molecule has 1 atom stereocenters. The molecule has 1 heterocycles. The third kappa shape index (κ3) is 4.10. The van der Waals surface area contributed by atoms with Crippen LogP contribution in [-0.2, 0) is 13.0 Å². The van der Waals surface area contributed by atoms with Crippen molar-refractivity contribution in [3.05, 3.63) is 59.4 Å². The van der Waals surface area contributed by atoms with Gasteiger partial charge in [0.05, 0.1) is 5.69 Å². The van der Waals surface area contributed by atoms with E-state index in [4.69, 9.17) is 0 Å². The maximum absolute atomic E-state index is 13.5. The Hall–Kier alpha value is -1.81. The van der Waals surface area contributed by atoms with E-state index in [9.17, 15) is 4.39 Å². The Balaban J connectivity index is 1.88. The van der Waals surface area contributed by atoms with Crippen molar-refractivity contribution in [1.29, 1.82) is 0 Å². The molecule has 0 fully saturated rings. The number of hydrogen-bond acceptors (Lipinski definition) is 3. The van der Waals surface area contributed by atoms with Crippen LogP contribution >= 0.6 is 0 Å². The highest BCUT2D eigenvalue weighted by atomic mass is 19.1. The zero-order chi connectivity index (χ0) is 13.7. The Bertz CT molecular complexity index is 542. The van der Waals surface area contributed by atoms with Crippen LogP contribution in [0.25, 0.3) is 0 Å². The first-order valence-electron chi connectivity index (χ1n) is 6.40. The number of rotatable bonds is 5. The average Bonchev–Trinajstić information content (AvgIpc) is 2.39. The van der Waals surface area contributed by atoms with Gasteiger partial charge in [0, 0.05) is 18.8 Å². The first-order chi connectivity index (χ1) is 9.15. The van der Waals surface area contributed by atoms with E-state index >= 15 is 0 Å². The maximum Gasteiger partial charge on any atom is 0.126 e. The van der Waals surface area contributed by atoms with Crippen molar-refractivity contribution >= 4 is 0 Å².